The smallest absolute Gasteiger partial charge is 0.369 e. The van der Waals surface area contributed by atoms with E-state index in [0.29, 0.717) is 17.8 Å². The van der Waals surface area contributed by atoms with E-state index in [-0.39, 0.29) is 23.4 Å². The maximum absolute atomic E-state index is 13.4. The quantitative estimate of drug-likeness (QED) is 0.825. The van der Waals surface area contributed by atoms with Crippen LogP contribution in [-0.2, 0) is 11.0 Å². The van der Waals surface area contributed by atoms with Crippen LogP contribution in [0.5, 0.6) is 0 Å². The molecule has 162 valence electrons. The zero-order valence-electron chi connectivity index (χ0n) is 17.2. The zero-order valence-corrected chi connectivity index (χ0v) is 17.2. The number of amides is 1. The van der Waals surface area contributed by atoms with Gasteiger partial charge in [-0.2, -0.15) is 13.2 Å². The number of carbonyl (C=O) groups excluding carboxylic acids is 1. The van der Waals surface area contributed by atoms with Crippen LogP contribution in [0, 0.1) is 11.8 Å². The Morgan fingerprint density at radius 1 is 1.20 bits per heavy atom. The summed E-state index contributed by atoms with van der Waals surface area (Å²) in [5, 5.41) is 3.68. The summed E-state index contributed by atoms with van der Waals surface area (Å²) in [7, 11) is 2.02. The van der Waals surface area contributed by atoms with E-state index >= 15 is 0 Å². The number of piperidine rings is 1. The number of benzene rings is 1. The molecular weight excluding hydrogens is 393 g/mol. The van der Waals surface area contributed by atoms with Crippen molar-refractivity contribution in [3.63, 3.8) is 0 Å². The molecule has 1 N–H and O–H groups in total. The van der Waals surface area contributed by atoms with Crippen molar-refractivity contribution in [2.24, 2.45) is 11.8 Å². The van der Waals surface area contributed by atoms with Gasteiger partial charge in [0, 0.05) is 42.9 Å². The lowest BCUT2D eigenvalue weighted by atomic mass is 9.94. The largest absolute Gasteiger partial charge is 0.418 e. The first-order valence-electron chi connectivity index (χ1n) is 10.4. The second-order valence-electron chi connectivity index (χ2n) is 8.73. The number of rotatable bonds is 3. The Morgan fingerprint density at radius 2 is 2.00 bits per heavy atom. The first-order chi connectivity index (χ1) is 14.2. The van der Waals surface area contributed by atoms with Gasteiger partial charge in [-0.3, -0.25) is 9.78 Å². The van der Waals surface area contributed by atoms with Crippen LogP contribution >= 0.6 is 0 Å². The molecule has 3 heterocycles. The molecule has 0 aliphatic carbocycles. The highest BCUT2D eigenvalue weighted by atomic mass is 19.4. The Morgan fingerprint density at radius 3 is 2.70 bits per heavy atom. The van der Waals surface area contributed by atoms with Crippen LogP contribution in [0.15, 0.2) is 30.5 Å². The zero-order chi connectivity index (χ0) is 21.5. The van der Waals surface area contributed by atoms with Crippen LogP contribution in [0.25, 0.3) is 10.9 Å². The van der Waals surface area contributed by atoms with E-state index in [0.717, 1.165) is 44.2 Å². The number of pyridine rings is 1. The summed E-state index contributed by atoms with van der Waals surface area (Å²) < 4.78 is 40.3. The Labute approximate surface area is 174 Å². The molecule has 8 heteroatoms. The minimum Gasteiger partial charge on any atom is -0.369 e. The third kappa shape index (κ3) is 4.24. The van der Waals surface area contributed by atoms with Gasteiger partial charge in [0.2, 0.25) is 5.91 Å². The molecule has 0 bridgehead atoms. The SMILES string of the molecule is C[C@H]1C[C@@H](NC(=O)C2CCN(C)C2)CN(c2ccc(C(F)(F)F)c3ncccc23)C1. The number of hydrogen-bond acceptors (Lipinski definition) is 4. The van der Waals surface area contributed by atoms with Gasteiger partial charge in [0.1, 0.15) is 0 Å². The molecule has 1 unspecified atom stereocenters. The van der Waals surface area contributed by atoms with Gasteiger partial charge < -0.3 is 15.1 Å². The van der Waals surface area contributed by atoms with Crippen molar-refractivity contribution < 1.29 is 18.0 Å². The van der Waals surface area contributed by atoms with Crippen molar-refractivity contribution in [2.45, 2.75) is 32.0 Å². The van der Waals surface area contributed by atoms with Gasteiger partial charge in [-0.1, -0.05) is 6.92 Å². The van der Waals surface area contributed by atoms with Gasteiger partial charge in [-0.15, -0.1) is 0 Å². The van der Waals surface area contributed by atoms with Crippen LogP contribution in [-0.4, -0.2) is 55.1 Å². The standard InChI is InChI=1S/C22H27F3N4O/c1-14-10-16(27-21(30)15-7-9-28(2)12-15)13-29(11-14)19-6-5-18(22(23,24)25)20-17(19)4-3-8-26-20/h3-6,8,14-16H,7,9-13H2,1-2H3,(H,27,30)/t14-,15?,16+/m0/s1. The second-order valence-corrected chi connectivity index (χ2v) is 8.73. The van der Waals surface area contributed by atoms with E-state index in [4.69, 9.17) is 0 Å². The van der Waals surface area contributed by atoms with Crippen molar-refractivity contribution in [1.29, 1.82) is 0 Å². The third-order valence-electron chi connectivity index (χ3n) is 6.16. The van der Waals surface area contributed by atoms with Crippen molar-refractivity contribution in [3.05, 3.63) is 36.0 Å². The average Bonchev–Trinajstić information content (AvgIpc) is 3.12. The number of hydrogen-bond donors (Lipinski definition) is 1. The van der Waals surface area contributed by atoms with Crippen LogP contribution in [0.4, 0.5) is 18.9 Å². The van der Waals surface area contributed by atoms with Crippen LogP contribution in [0.1, 0.15) is 25.3 Å². The van der Waals surface area contributed by atoms with Gasteiger partial charge >= 0.3 is 6.18 Å². The maximum atomic E-state index is 13.4. The van der Waals surface area contributed by atoms with E-state index in [1.807, 2.05) is 7.05 Å². The minimum absolute atomic E-state index is 0.0109. The second kappa shape index (κ2) is 8.06. The number of carbonyl (C=O) groups is 1. The predicted molar refractivity (Wildman–Crippen MR) is 110 cm³/mol. The highest BCUT2D eigenvalue weighted by molar-refractivity contribution is 5.94. The molecule has 1 aromatic heterocycles. The van der Waals surface area contributed by atoms with E-state index in [1.165, 1.54) is 12.3 Å². The molecule has 0 spiro atoms. The Hall–Kier alpha value is -2.35. The molecule has 2 aliphatic heterocycles. The monoisotopic (exact) mass is 420 g/mol. The normalized spacial score (nSPS) is 25.6. The molecule has 2 aliphatic rings. The molecule has 4 rings (SSSR count). The summed E-state index contributed by atoms with van der Waals surface area (Å²) in [6, 6.07) is 5.98. The van der Waals surface area contributed by atoms with Crippen LogP contribution in [0.2, 0.25) is 0 Å². The Kier molecular flexibility index (Phi) is 5.61. The van der Waals surface area contributed by atoms with Crippen molar-refractivity contribution >= 4 is 22.5 Å². The van der Waals surface area contributed by atoms with Gasteiger partial charge in [-0.05, 0) is 56.6 Å². The first kappa shape index (κ1) is 20.9. The molecule has 1 aromatic carbocycles. The lowest BCUT2D eigenvalue weighted by molar-refractivity contribution is -0.136. The lowest BCUT2D eigenvalue weighted by Gasteiger charge is -2.39. The topological polar surface area (TPSA) is 48.5 Å². The van der Waals surface area contributed by atoms with Crippen molar-refractivity contribution in [2.75, 3.05) is 38.1 Å². The molecule has 0 saturated carbocycles. The maximum Gasteiger partial charge on any atom is 0.418 e. The number of halogens is 3. The Bertz CT molecular complexity index is 932. The average molecular weight is 420 g/mol. The first-order valence-corrected chi connectivity index (χ1v) is 10.4. The Balaban J connectivity index is 1.58. The summed E-state index contributed by atoms with van der Waals surface area (Å²) in [5.74, 6) is 0.401. The van der Waals surface area contributed by atoms with Crippen molar-refractivity contribution in [3.8, 4) is 0 Å². The molecule has 2 aromatic rings. The van der Waals surface area contributed by atoms with Gasteiger partial charge in [-0.25, -0.2) is 0 Å². The van der Waals surface area contributed by atoms with Gasteiger partial charge in [0.05, 0.1) is 17.0 Å². The van der Waals surface area contributed by atoms with E-state index in [2.05, 4.69) is 27.0 Å². The van der Waals surface area contributed by atoms with E-state index in [9.17, 15) is 18.0 Å². The fraction of sp³-hybridized carbons (Fsp3) is 0.545. The lowest BCUT2D eigenvalue weighted by Crippen LogP contribution is -2.51. The summed E-state index contributed by atoms with van der Waals surface area (Å²) in [4.78, 5) is 21.0. The number of alkyl halides is 3. The molecule has 5 nitrogen and oxygen atoms in total. The minimum atomic E-state index is -4.45. The molecule has 0 radical (unpaired) electrons. The third-order valence-corrected chi connectivity index (χ3v) is 6.16. The highest BCUT2D eigenvalue weighted by Crippen LogP contribution is 2.38. The van der Waals surface area contributed by atoms with E-state index < -0.39 is 11.7 Å². The fourth-order valence-corrected chi connectivity index (χ4v) is 4.78. The van der Waals surface area contributed by atoms with Crippen LogP contribution < -0.4 is 10.2 Å². The molecule has 3 atom stereocenters. The predicted octanol–water partition coefficient (Wildman–Crippen LogP) is 3.54. The van der Waals surface area contributed by atoms with Gasteiger partial charge in [0.25, 0.3) is 0 Å². The van der Waals surface area contributed by atoms with Crippen LogP contribution in [0.3, 0.4) is 0 Å². The van der Waals surface area contributed by atoms with E-state index in [1.54, 1.807) is 12.1 Å². The number of anilines is 1. The summed E-state index contributed by atoms with van der Waals surface area (Å²) in [6.45, 7) is 5.12. The van der Waals surface area contributed by atoms with Crippen molar-refractivity contribution in [1.82, 2.24) is 15.2 Å². The molecule has 30 heavy (non-hydrogen) atoms. The summed E-state index contributed by atoms with van der Waals surface area (Å²) in [5.41, 5.74) is -0.0186. The van der Waals surface area contributed by atoms with Gasteiger partial charge in [0.15, 0.2) is 0 Å². The number of nitrogens with one attached hydrogen (secondary N) is 1. The fourth-order valence-electron chi connectivity index (χ4n) is 4.78. The summed E-state index contributed by atoms with van der Waals surface area (Å²) >= 11 is 0. The number of likely N-dealkylation sites (tertiary alicyclic amines) is 1. The molecule has 1 amide bonds. The highest BCUT2D eigenvalue weighted by Gasteiger charge is 2.35. The molecular formula is C22H27F3N4O. The summed E-state index contributed by atoms with van der Waals surface area (Å²) in [6.07, 6.45) is -1.34. The molecule has 2 fully saturated rings. The molecule has 2 saturated heterocycles. The number of aromatic nitrogens is 1. The number of nitrogens with zero attached hydrogens (tertiary/aromatic N) is 3. The number of fused-ring (bicyclic) bond motifs is 1.